The van der Waals surface area contributed by atoms with Gasteiger partial charge in [-0.2, -0.15) is 0 Å². The fourth-order valence-corrected chi connectivity index (χ4v) is 5.48. The number of sulfone groups is 1. The standard InChI is InChI=1S/C21H15BrClFO5S/c22-17-9-16(23)10-19(21(17)29-11-20(25)26)30(27,28)12-15-8-14(6-7-18(15)24)13-4-2-1-3-5-13/h1-10H,11-12H2,(H,25,26). The van der Waals surface area contributed by atoms with Crippen molar-refractivity contribution in [1.29, 1.82) is 0 Å². The highest BCUT2D eigenvalue weighted by atomic mass is 79.9. The Morgan fingerprint density at radius 2 is 1.77 bits per heavy atom. The summed E-state index contributed by atoms with van der Waals surface area (Å²) in [6.45, 7) is -0.749. The molecule has 0 aliphatic rings. The van der Waals surface area contributed by atoms with Crippen LogP contribution in [0, 0.1) is 5.82 Å². The van der Waals surface area contributed by atoms with Crippen LogP contribution < -0.4 is 4.74 Å². The molecule has 3 aromatic rings. The van der Waals surface area contributed by atoms with E-state index in [1.54, 1.807) is 6.07 Å². The summed E-state index contributed by atoms with van der Waals surface area (Å²) < 4.78 is 46.0. The molecular weight excluding hydrogens is 499 g/mol. The van der Waals surface area contributed by atoms with E-state index in [4.69, 9.17) is 21.4 Å². The van der Waals surface area contributed by atoms with Gasteiger partial charge < -0.3 is 9.84 Å². The molecule has 0 heterocycles. The second-order valence-electron chi connectivity index (χ2n) is 6.33. The van der Waals surface area contributed by atoms with Gasteiger partial charge in [-0.05, 0) is 51.3 Å². The largest absolute Gasteiger partial charge is 0.479 e. The number of rotatable bonds is 7. The zero-order chi connectivity index (χ0) is 21.9. The predicted octanol–water partition coefficient (Wildman–Crippen LogP) is 5.35. The maximum atomic E-state index is 14.4. The minimum Gasteiger partial charge on any atom is -0.479 e. The summed E-state index contributed by atoms with van der Waals surface area (Å²) in [4.78, 5) is 10.5. The van der Waals surface area contributed by atoms with Crippen LogP contribution in [-0.4, -0.2) is 26.1 Å². The van der Waals surface area contributed by atoms with Crippen molar-refractivity contribution < 1.29 is 27.4 Å². The molecule has 0 amide bonds. The Bertz CT molecular complexity index is 1200. The Hall–Kier alpha value is -2.42. The van der Waals surface area contributed by atoms with E-state index >= 15 is 0 Å². The Labute approximate surface area is 186 Å². The number of hydrogen-bond donors (Lipinski definition) is 1. The number of ether oxygens (including phenoxy) is 1. The highest BCUT2D eigenvalue weighted by molar-refractivity contribution is 9.10. The van der Waals surface area contributed by atoms with Crippen molar-refractivity contribution in [3.05, 3.63) is 81.5 Å². The van der Waals surface area contributed by atoms with Gasteiger partial charge in [0.05, 0.1) is 10.2 Å². The molecule has 3 rings (SSSR count). The van der Waals surface area contributed by atoms with Crippen LogP contribution in [0.15, 0.2) is 70.0 Å². The molecule has 0 aliphatic heterocycles. The van der Waals surface area contributed by atoms with E-state index in [0.717, 1.165) is 11.6 Å². The molecule has 0 unspecified atom stereocenters. The van der Waals surface area contributed by atoms with Crippen LogP contribution in [0.2, 0.25) is 5.02 Å². The third-order valence-electron chi connectivity index (χ3n) is 4.15. The first kappa shape index (κ1) is 22.3. The van der Waals surface area contributed by atoms with Gasteiger partial charge in [0.1, 0.15) is 10.7 Å². The minimum absolute atomic E-state index is 0.0309. The van der Waals surface area contributed by atoms with Crippen molar-refractivity contribution in [3.8, 4) is 16.9 Å². The normalized spacial score (nSPS) is 11.3. The number of hydrogen-bond acceptors (Lipinski definition) is 4. The smallest absolute Gasteiger partial charge is 0.341 e. The molecule has 0 fully saturated rings. The molecule has 0 aliphatic carbocycles. The molecule has 1 N–H and O–H groups in total. The predicted molar refractivity (Wildman–Crippen MR) is 115 cm³/mol. The Morgan fingerprint density at radius 3 is 2.43 bits per heavy atom. The molecule has 9 heteroatoms. The molecule has 5 nitrogen and oxygen atoms in total. The van der Waals surface area contributed by atoms with Gasteiger partial charge in [0.2, 0.25) is 0 Å². The molecule has 3 aromatic carbocycles. The lowest BCUT2D eigenvalue weighted by Crippen LogP contribution is -2.14. The molecule has 0 radical (unpaired) electrons. The Morgan fingerprint density at radius 1 is 1.07 bits per heavy atom. The summed E-state index contributed by atoms with van der Waals surface area (Å²) in [6, 6.07) is 15.9. The average molecular weight is 514 g/mol. The van der Waals surface area contributed by atoms with Crippen LogP contribution in [0.1, 0.15) is 5.56 Å². The van der Waals surface area contributed by atoms with Crippen LogP contribution in [0.5, 0.6) is 5.75 Å². The zero-order valence-electron chi connectivity index (χ0n) is 15.3. The summed E-state index contributed by atoms with van der Waals surface area (Å²) in [5.74, 6) is -2.80. The quantitative estimate of drug-likeness (QED) is 0.461. The zero-order valence-corrected chi connectivity index (χ0v) is 18.5. The van der Waals surface area contributed by atoms with E-state index in [2.05, 4.69) is 15.9 Å². The molecule has 0 aromatic heterocycles. The van der Waals surface area contributed by atoms with Crippen LogP contribution >= 0.6 is 27.5 Å². The Balaban J connectivity index is 2.02. The summed E-state index contributed by atoms with van der Waals surface area (Å²) in [7, 11) is -4.13. The molecule has 0 saturated heterocycles. The van der Waals surface area contributed by atoms with Crippen molar-refractivity contribution in [1.82, 2.24) is 0 Å². The number of carboxylic acids is 1. The molecule has 0 saturated carbocycles. The van der Waals surface area contributed by atoms with Gasteiger partial charge in [0, 0.05) is 10.6 Å². The topological polar surface area (TPSA) is 80.7 Å². The SMILES string of the molecule is O=C(O)COc1c(Br)cc(Cl)cc1S(=O)(=O)Cc1cc(-c2ccccc2)ccc1F. The van der Waals surface area contributed by atoms with Crippen molar-refractivity contribution in [2.45, 2.75) is 10.6 Å². The number of benzene rings is 3. The highest BCUT2D eigenvalue weighted by Gasteiger charge is 2.25. The summed E-state index contributed by atoms with van der Waals surface area (Å²) >= 11 is 9.13. The third-order valence-corrected chi connectivity index (χ3v) is 6.62. The highest BCUT2D eigenvalue weighted by Crippen LogP contribution is 2.37. The van der Waals surface area contributed by atoms with E-state index in [-0.39, 0.29) is 25.7 Å². The summed E-state index contributed by atoms with van der Waals surface area (Å²) in [6.07, 6.45) is 0. The first-order valence-electron chi connectivity index (χ1n) is 8.57. The number of carboxylic acid groups (broad SMARTS) is 1. The maximum absolute atomic E-state index is 14.4. The third kappa shape index (κ3) is 5.19. The first-order valence-corrected chi connectivity index (χ1v) is 11.4. The summed E-state index contributed by atoms with van der Waals surface area (Å²) in [5.41, 5.74) is 1.44. The van der Waals surface area contributed by atoms with Gasteiger partial charge in [0.15, 0.2) is 22.2 Å². The average Bonchev–Trinajstić information content (AvgIpc) is 2.69. The monoisotopic (exact) mass is 512 g/mol. The Kier molecular flexibility index (Phi) is 6.80. The molecule has 156 valence electrons. The first-order chi connectivity index (χ1) is 14.2. The fourth-order valence-electron chi connectivity index (χ4n) is 2.82. The van der Waals surface area contributed by atoms with Crippen LogP contribution in [-0.2, 0) is 20.4 Å². The molecule has 0 bridgehead atoms. The van der Waals surface area contributed by atoms with Crippen LogP contribution in [0.4, 0.5) is 4.39 Å². The van der Waals surface area contributed by atoms with Crippen LogP contribution in [0.25, 0.3) is 11.1 Å². The lowest BCUT2D eigenvalue weighted by Gasteiger charge is -2.14. The van der Waals surface area contributed by atoms with E-state index in [0.29, 0.717) is 5.56 Å². The van der Waals surface area contributed by atoms with Gasteiger partial charge >= 0.3 is 5.97 Å². The maximum Gasteiger partial charge on any atom is 0.341 e. The van der Waals surface area contributed by atoms with Gasteiger partial charge in [-0.3, -0.25) is 0 Å². The molecular formula is C21H15BrClFO5S. The summed E-state index contributed by atoms with van der Waals surface area (Å²) in [5, 5.41) is 8.96. The van der Waals surface area contributed by atoms with E-state index in [1.165, 1.54) is 18.2 Å². The number of carbonyl (C=O) groups is 1. The van der Waals surface area contributed by atoms with Crippen molar-refractivity contribution >= 4 is 43.3 Å². The second-order valence-corrected chi connectivity index (χ2v) is 9.58. The lowest BCUT2D eigenvalue weighted by atomic mass is 10.0. The molecule has 30 heavy (non-hydrogen) atoms. The van der Waals surface area contributed by atoms with Crippen molar-refractivity contribution in [2.24, 2.45) is 0 Å². The van der Waals surface area contributed by atoms with E-state index in [1.807, 2.05) is 30.3 Å². The number of aliphatic carboxylic acids is 1. The van der Waals surface area contributed by atoms with Gasteiger partial charge in [-0.15, -0.1) is 0 Å². The minimum atomic E-state index is -4.13. The fraction of sp³-hybridized carbons (Fsp3) is 0.0952. The molecule has 0 atom stereocenters. The van der Waals surface area contributed by atoms with Gasteiger partial charge in [-0.1, -0.05) is 48.0 Å². The second kappa shape index (κ2) is 9.16. The van der Waals surface area contributed by atoms with E-state index in [9.17, 15) is 17.6 Å². The number of halogens is 3. The van der Waals surface area contributed by atoms with Gasteiger partial charge in [-0.25, -0.2) is 17.6 Å². The van der Waals surface area contributed by atoms with Gasteiger partial charge in [0.25, 0.3) is 0 Å². The van der Waals surface area contributed by atoms with Crippen molar-refractivity contribution in [3.63, 3.8) is 0 Å². The lowest BCUT2D eigenvalue weighted by molar-refractivity contribution is -0.139. The molecule has 0 spiro atoms. The van der Waals surface area contributed by atoms with Crippen molar-refractivity contribution in [2.75, 3.05) is 6.61 Å². The van der Waals surface area contributed by atoms with E-state index < -0.39 is 34.0 Å². The van der Waals surface area contributed by atoms with Crippen LogP contribution in [0.3, 0.4) is 0 Å².